The van der Waals surface area contributed by atoms with Gasteiger partial charge in [-0.3, -0.25) is 14.2 Å². The van der Waals surface area contributed by atoms with E-state index in [9.17, 15) is 9.59 Å². The predicted octanol–water partition coefficient (Wildman–Crippen LogP) is 3.41. The van der Waals surface area contributed by atoms with Crippen LogP contribution in [-0.4, -0.2) is 28.5 Å². The Morgan fingerprint density at radius 2 is 1.76 bits per heavy atom. The van der Waals surface area contributed by atoms with Gasteiger partial charge in [0.15, 0.2) is 0 Å². The molecular weight excluding hydrogens is 312 g/mol. The number of aromatic nitrogens is 1. The zero-order chi connectivity index (χ0) is 17.8. The molecule has 0 unspecified atom stereocenters. The lowest BCUT2D eigenvalue weighted by molar-refractivity contribution is -0.126. The average molecular weight is 336 g/mol. The Hall–Kier alpha value is -2.62. The summed E-state index contributed by atoms with van der Waals surface area (Å²) in [4.78, 5) is 27.3. The molecule has 2 aromatic rings. The molecular formula is C21H24N2O2. The summed E-state index contributed by atoms with van der Waals surface area (Å²) in [5.74, 6) is 0.564. The fraction of sp³-hybridized carbons (Fsp3) is 0.333. The standard InChI is InChI=1S/C21H24N2O2/c1-16-6-8-18(9-7-16)15-19(23-12-4-3-5-20(23)24)21(25)22-13-10-17(2)11-14-22/h3-9,12,15,17H,10-11,13-14H2,1-2H3. The summed E-state index contributed by atoms with van der Waals surface area (Å²) in [6, 6.07) is 12.9. The maximum absolute atomic E-state index is 13.1. The molecule has 1 aromatic carbocycles. The highest BCUT2D eigenvalue weighted by Crippen LogP contribution is 2.20. The van der Waals surface area contributed by atoms with E-state index in [2.05, 4.69) is 6.92 Å². The van der Waals surface area contributed by atoms with Gasteiger partial charge in [-0.25, -0.2) is 0 Å². The second kappa shape index (κ2) is 7.51. The number of amides is 1. The van der Waals surface area contributed by atoms with Crippen LogP contribution in [0.1, 0.15) is 30.9 Å². The van der Waals surface area contributed by atoms with E-state index in [1.165, 1.54) is 10.6 Å². The molecule has 2 heterocycles. The van der Waals surface area contributed by atoms with Crippen LogP contribution in [0.15, 0.2) is 53.5 Å². The number of hydrogen-bond acceptors (Lipinski definition) is 2. The molecule has 1 aromatic heterocycles. The molecule has 0 radical (unpaired) electrons. The van der Waals surface area contributed by atoms with Crippen LogP contribution in [0.5, 0.6) is 0 Å². The van der Waals surface area contributed by atoms with Crippen molar-refractivity contribution in [2.24, 2.45) is 5.92 Å². The molecule has 1 aliphatic heterocycles. The van der Waals surface area contributed by atoms with Crippen LogP contribution >= 0.6 is 0 Å². The fourth-order valence-corrected chi connectivity index (χ4v) is 3.05. The Morgan fingerprint density at radius 1 is 1.08 bits per heavy atom. The summed E-state index contributed by atoms with van der Waals surface area (Å²) < 4.78 is 1.44. The molecule has 0 bridgehead atoms. The van der Waals surface area contributed by atoms with Crippen LogP contribution < -0.4 is 5.56 Å². The predicted molar refractivity (Wildman–Crippen MR) is 101 cm³/mol. The van der Waals surface area contributed by atoms with E-state index in [1.807, 2.05) is 36.1 Å². The van der Waals surface area contributed by atoms with Crippen LogP contribution in [0, 0.1) is 12.8 Å². The van der Waals surface area contributed by atoms with Gasteiger partial charge in [0.1, 0.15) is 5.70 Å². The lowest BCUT2D eigenvalue weighted by Gasteiger charge is -2.31. The number of nitrogens with zero attached hydrogens (tertiary/aromatic N) is 2. The van der Waals surface area contributed by atoms with Gasteiger partial charge in [0.05, 0.1) is 0 Å². The van der Waals surface area contributed by atoms with Gasteiger partial charge in [0.2, 0.25) is 0 Å². The Balaban J connectivity index is 2.00. The number of likely N-dealkylation sites (tertiary alicyclic amines) is 1. The van der Waals surface area contributed by atoms with E-state index >= 15 is 0 Å². The minimum absolute atomic E-state index is 0.0826. The third kappa shape index (κ3) is 4.08. The van der Waals surface area contributed by atoms with Crippen molar-refractivity contribution in [2.45, 2.75) is 26.7 Å². The molecule has 130 valence electrons. The first-order valence-corrected chi connectivity index (χ1v) is 8.80. The van der Waals surface area contributed by atoms with Gasteiger partial charge >= 0.3 is 0 Å². The van der Waals surface area contributed by atoms with Gasteiger partial charge in [-0.1, -0.05) is 42.8 Å². The molecule has 0 saturated carbocycles. The number of carbonyl (C=O) groups excluding carboxylic acids is 1. The van der Waals surface area contributed by atoms with E-state index < -0.39 is 0 Å². The van der Waals surface area contributed by atoms with E-state index in [1.54, 1.807) is 24.4 Å². The summed E-state index contributed by atoms with van der Waals surface area (Å²) in [5.41, 5.74) is 2.28. The van der Waals surface area contributed by atoms with Crippen LogP contribution in [0.3, 0.4) is 0 Å². The number of rotatable bonds is 3. The second-order valence-electron chi connectivity index (χ2n) is 6.82. The maximum atomic E-state index is 13.1. The van der Waals surface area contributed by atoms with Crippen molar-refractivity contribution >= 4 is 17.7 Å². The molecule has 1 saturated heterocycles. The molecule has 3 rings (SSSR count). The van der Waals surface area contributed by atoms with E-state index in [-0.39, 0.29) is 11.5 Å². The third-order valence-corrected chi connectivity index (χ3v) is 4.75. The summed E-state index contributed by atoms with van der Waals surface area (Å²) in [6.07, 6.45) is 5.48. The average Bonchev–Trinajstić information content (AvgIpc) is 2.62. The number of hydrogen-bond donors (Lipinski definition) is 0. The summed E-state index contributed by atoms with van der Waals surface area (Å²) in [5, 5.41) is 0. The van der Waals surface area contributed by atoms with Crippen LogP contribution in [-0.2, 0) is 4.79 Å². The van der Waals surface area contributed by atoms with Crippen LogP contribution in [0.2, 0.25) is 0 Å². The summed E-state index contributed by atoms with van der Waals surface area (Å²) in [6.45, 7) is 5.72. The van der Waals surface area contributed by atoms with Crippen molar-refractivity contribution in [3.05, 3.63) is 70.1 Å². The zero-order valence-electron chi connectivity index (χ0n) is 14.8. The van der Waals surface area contributed by atoms with Crippen molar-refractivity contribution in [3.8, 4) is 0 Å². The molecule has 4 nitrogen and oxygen atoms in total. The van der Waals surface area contributed by atoms with E-state index in [0.717, 1.165) is 37.1 Å². The highest BCUT2D eigenvalue weighted by Gasteiger charge is 2.24. The first kappa shape index (κ1) is 17.2. The quantitative estimate of drug-likeness (QED) is 0.806. The molecule has 0 aliphatic carbocycles. The highest BCUT2D eigenvalue weighted by atomic mass is 16.2. The van der Waals surface area contributed by atoms with Crippen LogP contribution in [0.4, 0.5) is 0 Å². The fourth-order valence-electron chi connectivity index (χ4n) is 3.05. The summed E-state index contributed by atoms with van der Waals surface area (Å²) in [7, 11) is 0. The zero-order valence-corrected chi connectivity index (χ0v) is 14.8. The Kier molecular flexibility index (Phi) is 5.17. The van der Waals surface area contributed by atoms with Crippen molar-refractivity contribution in [2.75, 3.05) is 13.1 Å². The SMILES string of the molecule is Cc1ccc(C=C(C(=O)N2CCC(C)CC2)n2ccccc2=O)cc1. The lowest BCUT2D eigenvalue weighted by atomic mass is 9.99. The number of aryl methyl sites for hydroxylation is 1. The third-order valence-electron chi connectivity index (χ3n) is 4.75. The largest absolute Gasteiger partial charge is 0.337 e. The minimum Gasteiger partial charge on any atom is -0.337 e. The molecule has 4 heteroatoms. The highest BCUT2D eigenvalue weighted by molar-refractivity contribution is 6.18. The molecule has 0 spiro atoms. The number of piperidine rings is 1. The minimum atomic E-state index is -0.195. The molecule has 1 aliphatic rings. The van der Waals surface area contributed by atoms with Gasteiger partial charge < -0.3 is 4.90 Å². The molecule has 0 atom stereocenters. The second-order valence-corrected chi connectivity index (χ2v) is 6.82. The van der Waals surface area contributed by atoms with Gasteiger partial charge in [-0.2, -0.15) is 0 Å². The first-order chi connectivity index (χ1) is 12.0. The van der Waals surface area contributed by atoms with E-state index in [4.69, 9.17) is 0 Å². The van der Waals surface area contributed by atoms with Crippen molar-refractivity contribution in [1.82, 2.24) is 9.47 Å². The van der Waals surface area contributed by atoms with Crippen molar-refractivity contribution in [1.29, 1.82) is 0 Å². The van der Waals surface area contributed by atoms with Gasteiger partial charge in [-0.15, -0.1) is 0 Å². The first-order valence-electron chi connectivity index (χ1n) is 8.80. The Bertz CT molecular complexity index is 825. The molecule has 1 amide bonds. The van der Waals surface area contributed by atoms with E-state index in [0.29, 0.717) is 11.6 Å². The van der Waals surface area contributed by atoms with Crippen molar-refractivity contribution in [3.63, 3.8) is 0 Å². The number of carbonyl (C=O) groups is 1. The topological polar surface area (TPSA) is 42.3 Å². The normalized spacial score (nSPS) is 16.1. The van der Waals surface area contributed by atoms with Crippen LogP contribution in [0.25, 0.3) is 11.8 Å². The maximum Gasteiger partial charge on any atom is 0.270 e. The lowest BCUT2D eigenvalue weighted by Crippen LogP contribution is -2.40. The summed E-state index contributed by atoms with van der Waals surface area (Å²) >= 11 is 0. The number of benzene rings is 1. The molecule has 0 N–H and O–H groups in total. The molecule has 1 fully saturated rings. The van der Waals surface area contributed by atoms with Gasteiger partial charge in [0, 0.05) is 25.4 Å². The smallest absolute Gasteiger partial charge is 0.270 e. The molecule has 25 heavy (non-hydrogen) atoms. The Labute approximate surface area is 148 Å². The Morgan fingerprint density at radius 3 is 2.40 bits per heavy atom. The van der Waals surface area contributed by atoms with Crippen molar-refractivity contribution < 1.29 is 4.79 Å². The van der Waals surface area contributed by atoms with Gasteiger partial charge in [-0.05, 0) is 43.4 Å². The van der Waals surface area contributed by atoms with Gasteiger partial charge in [0.25, 0.3) is 11.5 Å². The number of pyridine rings is 1. The monoisotopic (exact) mass is 336 g/mol.